The molecule has 1 aliphatic rings. The highest BCUT2D eigenvalue weighted by Gasteiger charge is 2.16. The number of aryl methyl sites for hydroxylation is 3. The Morgan fingerprint density at radius 1 is 1.00 bits per heavy atom. The molecule has 0 bridgehead atoms. The first-order chi connectivity index (χ1) is 9.16. The summed E-state index contributed by atoms with van der Waals surface area (Å²) in [5.41, 5.74) is 6.70. The van der Waals surface area contributed by atoms with E-state index in [1.54, 1.807) is 0 Å². The highest BCUT2D eigenvalue weighted by Crippen LogP contribution is 2.25. The molecule has 2 aromatic carbocycles. The Bertz CT molecular complexity index is 653. The van der Waals surface area contributed by atoms with Gasteiger partial charge in [0.05, 0.1) is 0 Å². The van der Waals surface area contributed by atoms with Crippen molar-refractivity contribution in [2.75, 3.05) is 0 Å². The highest BCUT2D eigenvalue weighted by atomic mass is 16.1. The van der Waals surface area contributed by atoms with Gasteiger partial charge in [0, 0.05) is 11.1 Å². The van der Waals surface area contributed by atoms with Crippen molar-refractivity contribution in [3.63, 3.8) is 0 Å². The van der Waals surface area contributed by atoms with Gasteiger partial charge < -0.3 is 0 Å². The lowest BCUT2D eigenvalue weighted by Gasteiger charge is -2.09. The number of hydrogen-bond donors (Lipinski definition) is 0. The van der Waals surface area contributed by atoms with Crippen molar-refractivity contribution in [2.45, 2.75) is 33.1 Å². The molecule has 0 atom stereocenters. The Morgan fingerprint density at radius 3 is 2.63 bits per heavy atom. The number of rotatable bonds is 2. The summed E-state index contributed by atoms with van der Waals surface area (Å²) in [6.07, 6.45) is 3.49. The lowest BCUT2D eigenvalue weighted by Crippen LogP contribution is -2.05. The fraction of sp³-hybridized carbons (Fsp3) is 0.278. The van der Waals surface area contributed by atoms with E-state index < -0.39 is 0 Å². The molecule has 0 saturated carbocycles. The molecule has 2 aromatic rings. The third-order valence-corrected chi connectivity index (χ3v) is 4.21. The third kappa shape index (κ3) is 2.10. The molecule has 1 nitrogen and oxygen atoms in total. The van der Waals surface area contributed by atoms with E-state index in [0.717, 1.165) is 29.5 Å². The Balaban J connectivity index is 2.02. The summed E-state index contributed by atoms with van der Waals surface area (Å²) in [6, 6.07) is 12.1. The van der Waals surface area contributed by atoms with Crippen molar-refractivity contribution in [2.24, 2.45) is 0 Å². The molecule has 0 aromatic heterocycles. The normalized spacial score (nSPS) is 13.4. The number of carbonyl (C=O) groups is 1. The Kier molecular flexibility index (Phi) is 2.98. The molecule has 19 heavy (non-hydrogen) atoms. The van der Waals surface area contributed by atoms with Crippen LogP contribution < -0.4 is 0 Å². The van der Waals surface area contributed by atoms with E-state index in [0.29, 0.717) is 0 Å². The van der Waals surface area contributed by atoms with Crippen molar-refractivity contribution in [3.05, 3.63) is 69.8 Å². The van der Waals surface area contributed by atoms with Crippen LogP contribution in [0.25, 0.3) is 0 Å². The van der Waals surface area contributed by atoms with Gasteiger partial charge >= 0.3 is 0 Å². The molecule has 3 rings (SSSR count). The molecule has 0 fully saturated rings. The smallest absolute Gasteiger partial charge is 0.193 e. The number of benzene rings is 2. The van der Waals surface area contributed by atoms with E-state index in [2.05, 4.69) is 25.1 Å². The van der Waals surface area contributed by atoms with Crippen LogP contribution in [0, 0.1) is 13.8 Å². The van der Waals surface area contributed by atoms with E-state index in [-0.39, 0.29) is 5.78 Å². The van der Waals surface area contributed by atoms with Gasteiger partial charge in [0.25, 0.3) is 0 Å². The summed E-state index contributed by atoms with van der Waals surface area (Å²) >= 11 is 0. The molecule has 96 valence electrons. The first-order valence-electron chi connectivity index (χ1n) is 6.89. The molecule has 0 radical (unpaired) electrons. The van der Waals surface area contributed by atoms with Crippen molar-refractivity contribution in [3.8, 4) is 0 Å². The highest BCUT2D eigenvalue weighted by molar-refractivity contribution is 6.10. The van der Waals surface area contributed by atoms with Gasteiger partial charge in [0.2, 0.25) is 0 Å². The molecule has 0 unspecified atom stereocenters. The molecule has 0 saturated heterocycles. The second-order valence-corrected chi connectivity index (χ2v) is 5.41. The summed E-state index contributed by atoms with van der Waals surface area (Å²) in [6.45, 7) is 4.07. The van der Waals surface area contributed by atoms with Crippen LogP contribution in [0.1, 0.15) is 44.6 Å². The molecular formula is C18H18O. The third-order valence-electron chi connectivity index (χ3n) is 4.21. The van der Waals surface area contributed by atoms with Gasteiger partial charge in [-0.15, -0.1) is 0 Å². The van der Waals surface area contributed by atoms with Crippen LogP contribution in [-0.4, -0.2) is 5.78 Å². The monoisotopic (exact) mass is 250 g/mol. The molecular weight excluding hydrogens is 232 g/mol. The zero-order valence-corrected chi connectivity index (χ0v) is 11.5. The summed E-state index contributed by atoms with van der Waals surface area (Å²) in [4.78, 5) is 12.6. The summed E-state index contributed by atoms with van der Waals surface area (Å²) in [5, 5.41) is 0. The Morgan fingerprint density at radius 2 is 1.79 bits per heavy atom. The standard InChI is InChI=1S/C18H18O/c1-12-5-3-8-17(13(12)2)18(19)16-10-9-14-6-4-7-15(14)11-16/h3,5,8-11H,4,6-7H2,1-2H3. The number of hydrogen-bond acceptors (Lipinski definition) is 1. The predicted octanol–water partition coefficient (Wildman–Crippen LogP) is 4.02. The van der Waals surface area contributed by atoms with Crippen LogP contribution in [0.4, 0.5) is 0 Å². The minimum atomic E-state index is 0.149. The number of ketones is 1. The van der Waals surface area contributed by atoms with Gasteiger partial charge in [-0.1, -0.05) is 30.3 Å². The fourth-order valence-corrected chi connectivity index (χ4v) is 2.87. The van der Waals surface area contributed by atoms with Gasteiger partial charge in [-0.3, -0.25) is 4.79 Å². The van der Waals surface area contributed by atoms with Gasteiger partial charge in [-0.2, -0.15) is 0 Å². The molecule has 0 amide bonds. The predicted molar refractivity (Wildman–Crippen MR) is 77.8 cm³/mol. The first-order valence-corrected chi connectivity index (χ1v) is 6.89. The molecule has 0 N–H and O–H groups in total. The topological polar surface area (TPSA) is 17.1 Å². The van der Waals surface area contributed by atoms with Crippen molar-refractivity contribution >= 4 is 5.78 Å². The first kappa shape index (κ1) is 12.2. The molecule has 1 heteroatoms. The van der Waals surface area contributed by atoms with Gasteiger partial charge in [0.1, 0.15) is 0 Å². The summed E-state index contributed by atoms with van der Waals surface area (Å²) in [5.74, 6) is 0.149. The number of carbonyl (C=O) groups excluding carboxylic acids is 1. The SMILES string of the molecule is Cc1cccc(C(=O)c2ccc3c(c2)CCC3)c1C. The average Bonchev–Trinajstić information content (AvgIpc) is 2.88. The van der Waals surface area contributed by atoms with Crippen LogP contribution in [0.5, 0.6) is 0 Å². The average molecular weight is 250 g/mol. The largest absolute Gasteiger partial charge is 0.289 e. The van der Waals surface area contributed by atoms with Crippen molar-refractivity contribution in [1.82, 2.24) is 0 Å². The van der Waals surface area contributed by atoms with Crippen molar-refractivity contribution in [1.29, 1.82) is 0 Å². The van der Waals surface area contributed by atoms with Crippen LogP contribution in [0.3, 0.4) is 0 Å². The summed E-state index contributed by atoms with van der Waals surface area (Å²) in [7, 11) is 0. The van der Waals surface area contributed by atoms with Gasteiger partial charge in [-0.25, -0.2) is 0 Å². The maximum absolute atomic E-state index is 12.6. The lowest BCUT2D eigenvalue weighted by molar-refractivity contribution is 0.103. The molecule has 1 aliphatic carbocycles. The van der Waals surface area contributed by atoms with E-state index in [1.165, 1.54) is 23.1 Å². The molecule has 0 spiro atoms. The lowest BCUT2D eigenvalue weighted by atomic mass is 9.94. The van der Waals surface area contributed by atoms with Gasteiger partial charge in [0.15, 0.2) is 5.78 Å². The van der Waals surface area contributed by atoms with Crippen LogP contribution in [-0.2, 0) is 12.8 Å². The van der Waals surface area contributed by atoms with Crippen LogP contribution >= 0.6 is 0 Å². The van der Waals surface area contributed by atoms with Crippen LogP contribution in [0.2, 0.25) is 0 Å². The van der Waals surface area contributed by atoms with E-state index in [9.17, 15) is 4.79 Å². The Hall–Kier alpha value is -1.89. The van der Waals surface area contributed by atoms with E-state index in [1.807, 2.05) is 25.1 Å². The quantitative estimate of drug-likeness (QED) is 0.736. The van der Waals surface area contributed by atoms with Crippen molar-refractivity contribution < 1.29 is 4.79 Å². The van der Waals surface area contributed by atoms with Gasteiger partial charge in [-0.05, 0) is 61.4 Å². The summed E-state index contributed by atoms with van der Waals surface area (Å²) < 4.78 is 0. The number of fused-ring (bicyclic) bond motifs is 1. The van der Waals surface area contributed by atoms with Crippen LogP contribution in [0.15, 0.2) is 36.4 Å². The maximum Gasteiger partial charge on any atom is 0.193 e. The minimum Gasteiger partial charge on any atom is -0.289 e. The molecule has 0 heterocycles. The zero-order valence-electron chi connectivity index (χ0n) is 11.5. The Labute approximate surface area is 114 Å². The minimum absolute atomic E-state index is 0.149. The maximum atomic E-state index is 12.6. The second-order valence-electron chi connectivity index (χ2n) is 5.41. The second kappa shape index (κ2) is 4.65. The zero-order chi connectivity index (χ0) is 13.4. The molecule has 0 aliphatic heterocycles. The van der Waals surface area contributed by atoms with E-state index >= 15 is 0 Å². The van der Waals surface area contributed by atoms with E-state index in [4.69, 9.17) is 0 Å². The fourth-order valence-electron chi connectivity index (χ4n) is 2.87.